The van der Waals surface area contributed by atoms with Crippen LogP contribution in [-0.4, -0.2) is 34.3 Å². The summed E-state index contributed by atoms with van der Waals surface area (Å²) in [5, 5.41) is 8.66. The fourth-order valence-corrected chi connectivity index (χ4v) is 1.86. The third-order valence-electron chi connectivity index (χ3n) is 2.59. The highest BCUT2D eigenvalue weighted by molar-refractivity contribution is 5.99. The number of hydrogen-bond acceptors (Lipinski definition) is 3. The summed E-state index contributed by atoms with van der Waals surface area (Å²) in [5.41, 5.74) is 0. The molecule has 5 heteroatoms. The second-order valence-electron chi connectivity index (χ2n) is 4.57. The van der Waals surface area contributed by atoms with Crippen molar-refractivity contribution in [1.29, 1.82) is 0 Å². The monoisotopic (exact) mass is 227 g/mol. The molecule has 0 aromatic carbocycles. The van der Waals surface area contributed by atoms with Crippen LogP contribution in [0.15, 0.2) is 0 Å². The number of amides is 2. The quantitative estimate of drug-likeness (QED) is 0.723. The largest absolute Gasteiger partial charge is 0.481 e. The van der Waals surface area contributed by atoms with Gasteiger partial charge in [-0.3, -0.25) is 19.3 Å². The normalized spacial score (nSPS) is 21.7. The lowest BCUT2D eigenvalue weighted by Crippen LogP contribution is -2.47. The standard InChI is InChI=1S/C11H17NO4/c1-7(2)6-12-9(13)4-3-8(11(12)16)5-10(14)15/h7-8H,3-6H2,1-2H3,(H,14,15). The van der Waals surface area contributed by atoms with E-state index in [9.17, 15) is 14.4 Å². The molecule has 0 spiro atoms. The molecule has 1 unspecified atom stereocenters. The zero-order chi connectivity index (χ0) is 12.3. The van der Waals surface area contributed by atoms with E-state index in [1.54, 1.807) is 0 Å². The summed E-state index contributed by atoms with van der Waals surface area (Å²) in [6, 6.07) is 0. The first-order chi connectivity index (χ1) is 7.41. The minimum absolute atomic E-state index is 0.180. The fourth-order valence-electron chi connectivity index (χ4n) is 1.86. The third kappa shape index (κ3) is 3.05. The summed E-state index contributed by atoms with van der Waals surface area (Å²) in [6.07, 6.45) is 0.454. The number of carbonyl (C=O) groups is 3. The van der Waals surface area contributed by atoms with Gasteiger partial charge in [-0.15, -0.1) is 0 Å². The molecule has 1 fully saturated rings. The summed E-state index contributed by atoms with van der Waals surface area (Å²) >= 11 is 0. The van der Waals surface area contributed by atoms with E-state index in [0.29, 0.717) is 13.0 Å². The first-order valence-electron chi connectivity index (χ1n) is 5.47. The zero-order valence-electron chi connectivity index (χ0n) is 9.60. The lowest BCUT2D eigenvalue weighted by atomic mass is 9.93. The van der Waals surface area contributed by atoms with Crippen LogP contribution in [0.5, 0.6) is 0 Å². The summed E-state index contributed by atoms with van der Waals surface area (Å²) in [7, 11) is 0. The van der Waals surface area contributed by atoms with E-state index in [2.05, 4.69) is 0 Å². The molecule has 0 radical (unpaired) electrons. The highest BCUT2D eigenvalue weighted by Crippen LogP contribution is 2.22. The molecule has 0 bridgehead atoms. The third-order valence-corrected chi connectivity index (χ3v) is 2.59. The maximum atomic E-state index is 11.8. The molecule has 1 saturated heterocycles. The number of aliphatic carboxylic acids is 1. The molecule has 1 N–H and O–H groups in total. The number of piperidine rings is 1. The Morgan fingerprint density at radius 2 is 2.12 bits per heavy atom. The molecule has 0 aromatic heterocycles. The number of hydrogen-bond donors (Lipinski definition) is 1. The van der Waals surface area contributed by atoms with E-state index in [4.69, 9.17) is 5.11 Å². The Kier molecular flexibility index (Phi) is 4.04. The van der Waals surface area contributed by atoms with E-state index in [-0.39, 0.29) is 30.6 Å². The van der Waals surface area contributed by atoms with Crippen molar-refractivity contribution in [1.82, 2.24) is 4.90 Å². The minimum atomic E-state index is -0.989. The Labute approximate surface area is 94.4 Å². The van der Waals surface area contributed by atoms with Gasteiger partial charge in [0.15, 0.2) is 0 Å². The van der Waals surface area contributed by atoms with Crippen molar-refractivity contribution in [3.63, 3.8) is 0 Å². The number of imide groups is 1. The smallest absolute Gasteiger partial charge is 0.304 e. The number of carbonyl (C=O) groups excluding carboxylic acids is 2. The Bertz CT molecular complexity index is 311. The second-order valence-corrected chi connectivity index (χ2v) is 4.57. The molecular weight excluding hydrogens is 210 g/mol. The number of likely N-dealkylation sites (tertiary alicyclic amines) is 1. The van der Waals surface area contributed by atoms with E-state index in [1.165, 1.54) is 4.90 Å². The molecular formula is C11H17NO4. The van der Waals surface area contributed by atoms with Crippen LogP contribution in [0.25, 0.3) is 0 Å². The van der Waals surface area contributed by atoms with Gasteiger partial charge in [-0.1, -0.05) is 13.8 Å². The van der Waals surface area contributed by atoms with Crippen LogP contribution < -0.4 is 0 Å². The highest BCUT2D eigenvalue weighted by Gasteiger charge is 2.35. The summed E-state index contributed by atoms with van der Waals surface area (Å²) in [4.78, 5) is 35.2. The van der Waals surface area contributed by atoms with Gasteiger partial charge < -0.3 is 5.11 Å². The average molecular weight is 227 g/mol. The van der Waals surface area contributed by atoms with Crippen LogP contribution in [0.2, 0.25) is 0 Å². The Morgan fingerprint density at radius 1 is 1.50 bits per heavy atom. The molecule has 16 heavy (non-hydrogen) atoms. The molecule has 90 valence electrons. The first-order valence-corrected chi connectivity index (χ1v) is 5.47. The highest BCUT2D eigenvalue weighted by atomic mass is 16.4. The lowest BCUT2D eigenvalue weighted by molar-refractivity contribution is -0.155. The van der Waals surface area contributed by atoms with Gasteiger partial charge >= 0.3 is 5.97 Å². The molecule has 0 aliphatic carbocycles. The molecule has 1 atom stereocenters. The summed E-state index contributed by atoms with van der Waals surface area (Å²) in [6.45, 7) is 4.22. The molecule has 1 rings (SSSR count). The molecule has 1 aliphatic heterocycles. The number of rotatable bonds is 4. The van der Waals surface area contributed by atoms with E-state index < -0.39 is 11.9 Å². The van der Waals surface area contributed by atoms with E-state index in [1.807, 2.05) is 13.8 Å². The number of carboxylic acids is 1. The SMILES string of the molecule is CC(C)CN1C(=O)CCC(CC(=O)O)C1=O. The van der Waals surface area contributed by atoms with Crippen molar-refractivity contribution >= 4 is 17.8 Å². The van der Waals surface area contributed by atoms with Gasteiger partial charge in [0.1, 0.15) is 0 Å². The topological polar surface area (TPSA) is 74.7 Å². The molecule has 1 aliphatic rings. The predicted molar refractivity (Wildman–Crippen MR) is 56.5 cm³/mol. The number of nitrogens with zero attached hydrogens (tertiary/aromatic N) is 1. The fraction of sp³-hybridized carbons (Fsp3) is 0.727. The Morgan fingerprint density at radius 3 is 2.62 bits per heavy atom. The van der Waals surface area contributed by atoms with Crippen molar-refractivity contribution in [3.05, 3.63) is 0 Å². The molecule has 2 amide bonds. The van der Waals surface area contributed by atoms with Gasteiger partial charge in [-0.05, 0) is 12.3 Å². The Balaban J connectivity index is 2.70. The van der Waals surface area contributed by atoms with E-state index in [0.717, 1.165) is 0 Å². The number of carboxylic acid groups (broad SMARTS) is 1. The van der Waals surface area contributed by atoms with Crippen LogP contribution in [0.1, 0.15) is 33.1 Å². The van der Waals surface area contributed by atoms with Gasteiger partial charge in [0.05, 0.1) is 6.42 Å². The van der Waals surface area contributed by atoms with Gasteiger partial charge in [0.25, 0.3) is 0 Å². The molecule has 1 heterocycles. The van der Waals surface area contributed by atoms with Crippen LogP contribution in [0.4, 0.5) is 0 Å². The zero-order valence-corrected chi connectivity index (χ0v) is 9.60. The van der Waals surface area contributed by atoms with Crippen molar-refractivity contribution in [2.24, 2.45) is 11.8 Å². The average Bonchev–Trinajstić information content (AvgIpc) is 2.16. The summed E-state index contributed by atoms with van der Waals surface area (Å²) < 4.78 is 0. The molecule has 0 aromatic rings. The Hall–Kier alpha value is -1.39. The minimum Gasteiger partial charge on any atom is -0.481 e. The van der Waals surface area contributed by atoms with Crippen LogP contribution in [0, 0.1) is 11.8 Å². The van der Waals surface area contributed by atoms with Crippen molar-refractivity contribution in [2.75, 3.05) is 6.54 Å². The van der Waals surface area contributed by atoms with Gasteiger partial charge in [0.2, 0.25) is 11.8 Å². The van der Waals surface area contributed by atoms with Crippen molar-refractivity contribution in [2.45, 2.75) is 33.1 Å². The maximum Gasteiger partial charge on any atom is 0.304 e. The predicted octanol–water partition coefficient (Wildman–Crippen LogP) is 0.882. The van der Waals surface area contributed by atoms with Crippen LogP contribution >= 0.6 is 0 Å². The van der Waals surface area contributed by atoms with Crippen molar-refractivity contribution < 1.29 is 19.5 Å². The summed E-state index contributed by atoms with van der Waals surface area (Å²) in [5.74, 6) is -1.82. The lowest BCUT2D eigenvalue weighted by Gasteiger charge is -2.31. The van der Waals surface area contributed by atoms with Gasteiger partial charge in [0, 0.05) is 18.9 Å². The van der Waals surface area contributed by atoms with Crippen molar-refractivity contribution in [3.8, 4) is 0 Å². The van der Waals surface area contributed by atoms with Crippen LogP contribution in [0.3, 0.4) is 0 Å². The van der Waals surface area contributed by atoms with E-state index >= 15 is 0 Å². The second kappa shape index (κ2) is 5.09. The van der Waals surface area contributed by atoms with Gasteiger partial charge in [-0.2, -0.15) is 0 Å². The van der Waals surface area contributed by atoms with Crippen LogP contribution in [-0.2, 0) is 14.4 Å². The maximum absolute atomic E-state index is 11.8. The molecule has 0 saturated carbocycles. The van der Waals surface area contributed by atoms with Gasteiger partial charge in [-0.25, -0.2) is 0 Å². The molecule has 5 nitrogen and oxygen atoms in total. The first kappa shape index (κ1) is 12.7.